The van der Waals surface area contributed by atoms with E-state index in [4.69, 9.17) is 9.47 Å². The van der Waals surface area contributed by atoms with Crippen molar-refractivity contribution < 1.29 is 9.47 Å². The number of aryl methyl sites for hydroxylation is 1. The topological polar surface area (TPSA) is 80.0 Å². The Morgan fingerprint density at radius 1 is 1.04 bits per heavy atom. The lowest BCUT2D eigenvalue weighted by Crippen LogP contribution is -2.00. The lowest BCUT2D eigenvalue weighted by molar-refractivity contribution is 0.405. The normalized spacial score (nSPS) is 10.7. The highest BCUT2D eigenvalue weighted by Gasteiger charge is 2.12. The van der Waals surface area contributed by atoms with Crippen LogP contribution in [0.15, 0.2) is 35.1 Å². The fraction of sp³-hybridized carbons (Fsp3) is 0.222. The lowest BCUT2D eigenvalue weighted by atomic mass is 10.0. The number of nitrogens with zero attached hydrogens (tertiary/aromatic N) is 1. The van der Waals surface area contributed by atoms with E-state index in [1.54, 1.807) is 7.11 Å². The Labute approximate surface area is 139 Å². The minimum Gasteiger partial charge on any atom is -0.496 e. The molecule has 1 heterocycles. The molecule has 24 heavy (non-hydrogen) atoms. The molecular formula is C18H19N3O3. The Bertz CT molecular complexity index is 924. The van der Waals surface area contributed by atoms with Crippen LogP contribution in [0, 0.1) is 20.8 Å². The quantitative estimate of drug-likeness (QED) is 0.769. The van der Waals surface area contributed by atoms with Crippen LogP contribution in [-0.4, -0.2) is 22.3 Å². The van der Waals surface area contributed by atoms with Crippen LogP contribution in [0.25, 0.3) is 11.4 Å². The van der Waals surface area contributed by atoms with E-state index in [9.17, 15) is 4.79 Å². The maximum Gasteiger partial charge on any atom is 0.340 e. The van der Waals surface area contributed by atoms with Crippen molar-refractivity contribution in [2.24, 2.45) is 0 Å². The van der Waals surface area contributed by atoms with Crippen molar-refractivity contribution in [1.29, 1.82) is 0 Å². The van der Waals surface area contributed by atoms with Gasteiger partial charge in [-0.3, -0.25) is 4.98 Å². The van der Waals surface area contributed by atoms with E-state index >= 15 is 0 Å². The third-order valence-electron chi connectivity index (χ3n) is 4.04. The number of hydrogen-bond acceptors (Lipinski definition) is 4. The summed E-state index contributed by atoms with van der Waals surface area (Å²) in [6.07, 6.45) is 0. The summed E-state index contributed by atoms with van der Waals surface area (Å²) in [6, 6.07) is 9.35. The number of ether oxygens (including phenoxy) is 2. The summed E-state index contributed by atoms with van der Waals surface area (Å²) in [5.41, 5.74) is 3.61. The molecule has 0 fully saturated rings. The minimum atomic E-state index is -0.329. The molecule has 1 aromatic heterocycles. The van der Waals surface area contributed by atoms with Crippen LogP contribution in [0.3, 0.4) is 0 Å². The van der Waals surface area contributed by atoms with Crippen molar-refractivity contribution in [3.8, 4) is 28.6 Å². The van der Waals surface area contributed by atoms with Gasteiger partial charge in [-0.25, -0.2) is 9.89 Å². The first kappa shape index (κ1) is 15.9. The summed E-state index contributed by atoms with van der Waals surface area (Å²) in [7, 11) is 1.67. The molecule has 0 aliphatic rings. The molecule has 2 N–H and O–H groups in total. The van der Waals surface area contributed by atoms with E-state index in [0.29, 0.717) is 11.6 Å². The van der Waals surface area contributed by atoms with Crippen LogP contribution in [-0.2, 0) is 0 Å². The molecule has 0 aliphatic heterocycles. The van der Waals surface area contributed by atoms with Crippen LogP contribution < -0.4 is 15.2 Å². The molecule has 0 aliphatic carbocycles. The molecule has 0 amide bonds. The lowest BCUT2D eigenvalue weighted by Gasteiger charge is -2.16. The molecule has 3 aromatic rings. The third-order valence-corrected chi connectivity index (χ3v) is 4.04. The molecule has 0 saturated heterocycles. The Kier molecular flexibility index (Phi) is 4.12. The number of H-pyrrole nitrogens is 2. The number of hydrogen-bond donors (Lipinski definition) is 2. The van der Waals surface area contributed by atoms with Crippen molar-refractivity contribution in [2.75, 3.05) is 7.11 Å². The number of methoxy groups -OCH3 is 1. The maximum atomic E-state index is 11.1. The molecule has 124 valence electrons. The van der Waals surface area contributed by atoms with Crippen molar-refractivity contribution in [2.45, 2.75) is 20.8 Å². The molecule has 0 unspecified atom stereocenters. The van der Waals surface area contributed by atoms with Gasteiger partial charge in [0, 0.05) is 5.56 Å². The highest BCUT2D eigenvalue weighted by atomic mass is 16.5. The van der Waals surface area contributed by atoms with Crippen LogP contribution >= 0.6 is 0 Å². The minimum absolute atomic E-state index is 0.329. The Morgan fingerprint density at radius 3 is 2.33 bits per heavy atom. The SMILES string of the molecule is COc1c(C)cc(Oc2ccc(-c3n[nH]c(=O)[nH]3)cc2)c(C)c1C. The van der Waals surface area contributed by atoms with Gasteiger partial charge in [0.1, 0.15) is 17.2 Å². The second-order valence-electron chi connectivity index (χ2n) is 5.63. The summed E-state index contributed by atoms with van der Waals surface area (Å²) < 4.78 is 11.4. The van der Waals surface area contributed by atoms with Crippen LogP contribution in [0.1, 0.15) is 16.7 Å². The molecule has 0 saturated carbocycles. The van der Waals surface area contributed by atoms with E-state index in [2.05, 4.69) is 15.2 Å². The average molecular weight is 325 g/mol. The fourth-order valence-corrected chi connectivity index (χ4v) is 2.66. The number of benzene rings is 2. The zero-order valence-electron chi connectivity index (χ0n) is 14.1. The second kappa shape index (κ2) is 6.23. The summed E-state index contributed by atoms with van der Waals surface area (Å²) in [6.45, 7) is 6.02. The van der Waals surface area contributed by atoms with Gasteiger partial charge >= 0.3 is 5.69 Å². The second-order valence-corrected chi connectivity index (χ2v) is 5.63. The van der Waals surface area contributed by atoms with Gasteiger partial charge in [-0.1, -0.05) is 0 Å². The van der Waals surface area contributed by atoms with Crippen molar-refractivity contribution in [1.82, 2.24) is 15.2 Å². The monoisotopic (exact) mass is 325 g/mol. The Balaban J connectivity index is 1.88. The average Bonchev–Trinajstić information content (AvgIpc) is 3.00. The third kappa shape index (κ3) is 2.90. The Hall–Kier alpha value is -3.02. The van der Waals surface area contributed by atoms with Crippen molar-refractivity contribution in [3.05, 3.63) is 57.5 Å². The van der Waals surface area contributed by atoms with E-state index in [1.807, 2.05) is 51.1 Å². The van der Waals surface area contributed by atoms with Gasteiger partial charge in [0.25, 0.3) is 0 Å². The molecule has 2 aromatic carbocycles. The summed E-state index contributed by atoms with van der Waals surface area (Å²) in [4.78, 5) is 13.7. The van der Waals surface area contributed by atoms with Gasteiger partial charge in [0.15, 0.2) is 5.82 Å². The van der Waals surface area contributed by atoms with Crippen molar-refractivity contribution >= 4 is 0 Å². The summed E-state index contributed by atoms with van der Waals surface area (Å²) >= 11 is 0. The molecule has 6 heteroatoms. The van der Waals surface area contributed by atoms with Crippen molar-refractivity contribution in [3.63, 3.8) is 0 Å². The molecule has 6 nitrogen and oxygen atoms in total. The van der Waals surface area contributed by atoms with Crippen LogP contribution in [0.4, 0.5) is 0 Å². The zero-order valence-corrected chi connectivity index (χ0v) is 14.1. The fourth-order valence-electron chi connectivity index (χ4n) is 2.66. The molecule has 0 bridgehead atoms. The van der Waals surface area contributed by atoms with Gasteiger partial charge < -0.3 is 9.47 Å². The highest BCUT2D eigenvalue weighted by Crippen LogP contribution is 2.35. The number of rotatable bonds is 4. The smallest absolute Gasteiger partial charge is 0.340 e. The predicted octanol–water partition coefficient (Wildman–Crippen LogP) is 3.49. The van der Waals surface area contributed by atoms with E-state index in [0.717, 1.165) is 33.8 Å². The first-order chi connectivity index (χ1) is 11.5. The first-order valence-corrected chi connectivity index (χ1v) is 7.57. The first-order valence-electron chi connectivity index (χ1n) is 7.57. The van der Waals surface area contributed by atoms with Gasteiger partial charge in [0.2, 0.25) is 0 Å². The zero-order chi connectivity index (χ0) is 17.3. The van der Waals surface area contributed by atoms with E-state index in [-0.39, 0.29) is 5.69 Å². The summed E-state index contributed by atoms with van der Waals surface area (Å²) in [5.74, 6) is 2.90. The van der Waals surface area contributed by atoms with Crippen LogP contribution in [0.2, 0.25) is 0 Å². The summed E-state index contributed by atoms with van der Waals surface area (Å²) in [5, 5.41) is 6.26. The molecule has 0 spiro atoms. The molecule has 3 rings (SSSR count). The van der Waals surface area contributed by atoms with Gasteiger partial charge in [-0.15, -0.1) is 0 Å². The molecule has 0 radical (unpaired) electrons. The largest absolute Gasteiger partial charge is 0.496 e. The van der Waals surface area contributed by atoms with E-state index in [1.165, 1.54) is 0 Å². The van der Waals surface area contributed by atoms with Gasteiger partial charge in [-0.05, 0) is 67.8 Å². The van der Waals surface area contributed by atoms with Gasteiger partial charge in [-0.2, -0.15) is 5.10 Å². The van der Waals surface area contributed by atoms with Gasteiger partial charge in [0.05, 0.1) is 7.11 Å². The number of nitrogens with one attached hydrogen (secondary N) is 2. The number of aromatic amines is 2. The number of aromatic nitrogens is 3. The Morgan fingerprint density at radius 2 is 1.75 bits per heavy atom. The maximum absolute atomic E-state index is 11.1. The van der Waals surface area contributed by atoms with E-state index < -0.39 is 0 Å². The molecular weight excluding hydrogens is 306 g/mol. The van der Waals surface area contributed by atoms with Crippen LogP contribution in [0.5, 0.6) is 17.2 Å². The standard InChI is InChI=1S/C18H19N3O3/c1-10-9-15(11(2)12(3)16(10)23-4)24-14-7-5-13(6-8-14)17-19-18(22)21-20-17/h5-9H,1-4H3,(H2,19,20,21,22). The molecule has 0 atom stereocenters. The highest BCUT2D eigenvalue weighted by molar-refractivity contribution is 5.57. The predicted molar refractivity (Wildman–Crippen MR) is 91.9 cm³/mol.